The lowest BCUT2D eigenvalue weighted by Gasteiger charge is -2.12. The van der Waals surface area contributed by atoms with E-state index < -0.39 is 0 Å². The fourth-order valence-corrected chi connectivity index (χ4v) is 2.74. The molecule has 3 nitrogen and oxygen atoms in total. The number of furan rings is 1. The van der Waals surface area contributed by atoms with Gasteiger partial charge >= 0.3 is 0 Å². The molecule has 96 valence electrons. The molecule has 0 aliphatic carbocycles. The normalized spacial score (nSPS) is 12.4. The number of carbonyl (C=O) groups is 1. The summed E-state index contributed by atoms with van der Waals surface area (Å²) in [6.07, 6.45) is 0. The van der Waals surface area contributed by atoms with Gasteiger partial charge in [0, 0.05) is 10.4 Å². The molecule has 2 heterocycles. The first kappa shape index (κ1) is 12.9. The number of thiophene rings is 1. The van der Waals surface area contributed by atoms with Gasteiger partial charge in [0.05, 0.1) is 11.6 Å². The Morgan fingerprint density at radius 3 is 2.56 bits per heavy atom. The number of carbonyl (C=O) groups excluding carboxylic acids is 1. The summed E-state index contributed by atoms with van der Waals surface area (Å²) in [7, 11) is 0. The maximum atomic E-state index is 12.2. The van der Waals surface area contributed by atoms with Gasteiger partial charge in [0.1, 0.15) is 11.5 Å². The Labute approximate surface area is 111 Å². The van der Waals surface area contributed by atoms with E-state index in [0.29, 0.717) is 11.3 Å². The Kier molecular flexibility index (Phi) is 3.57. The molecule has 0 aromatic carbocycles. The summed E-state index contributed by atoms with van der Waals surface area (Å²) in [5.74, 6) is 1.42. The van der Waals surface area contributed by atoms with Crippen molar-refractivity contribution in [2.75, 3.05) is 0 Å². The molecule has 1 atom stereocenters. The quantitative estimate of drug-likeness (QED) is 0.916. The van der Waals surface area contributed by atoms with Crippen LogP contribution in [-0.4, -0.2) is 5.91 Å². The van der Waals surface area contributed by atoms with Crippen molar-refractivity contribution < 1.29 is 9.21 Å². The van der Waals surface area contributed by atoms with Gasteiger partial charge in [-0.3, -0.25) is 4.79 Å². The van der Waals surface area contributed by atoms with Crippen molar-refractivity contribution in [2.24, 2.45) is 0 Å². The molecule has 0 bridgehead atoms. The molecule has 0 spiro atoms. The zero-order chi connectivity index (χ0) is 13.3. The van der Waals surface area contributed by atoms with Crippen LogP contribution in [0.3, 0.4) is 0 Å². The standard InChI is InChI=1S/C14H17NO2S/c1-8-10(3)17-11(4)13(8)14(16)15-9(2)12-6-5-7-18-12/h5-7,9H,1-4H3,(H,15,16). The van der Waals surface area contributed by atoms with E-state index in [1.54, 1.807) is 11.3 Å². The van der Waals surface area contributed by atoms with Crippen molar-refractivity contribution in [3.63, 3.8) is 0 Å². The van der Waals surface area contributed by atoms with Gasteiger partial charge in [0.15, 0.2) is 0 Å². The van der Waals surface area contributed by atoms with Crippen LogP contribution in [0.15, 0.2) is 21.9 Å². The van der Waals surface area contributed by atoms with Gasteiger partial charge < -0.3 is 9.73 Å². The summed E-state index contributed by atoms with van der Waals surface area (Å²) in [5.41, 5.74) is 1.58. The van der Waals surface area contributed by atoms with Crippen LogP contribution in [-0.2, 0) is 0 Å². The number of hydrogen-bond acceptors (Lipinski definition) is 3. The summed E-state index contributed by atoms with van der Waals surface area (Å²) < 4.78 is 5.48. The van der Waals surface area contributed by atoms with Gasteiger partial charge in [0.25, 0.3) is 5.91 Å². The van der Waals surface area contributed by atoms with Gasteiger partial charge in [-0.1, -0.05) is 6.07 Å². The molecule has 0 fully saturated rings. The number of nitrogens with one attached hydrogen (secondary N) is 1. The summed E-state index contributed by atoms with van der Waals surface area (Å²) in [4.78, 5) is 13.4. The minimum atomic E-state index is -0.0669. The lowest BCUT2D eigenvalue weighted by atomic mass is 10.1. The van der Waals surface area contributed by atoms with Crippen LogP contribution < -0.4 is 5.32 Å². The van der Waals surface area contributed by atoms with Gasteiger partial charge in [-0.15, -0.1) is 11.3 Å². The molecule has 0 saturated carbocycles. The minimum Gasteiger partial charge on any atom is -0.466 e. The predicted octanol–water partition coefficient (Wildman–Crippen LogP) is 3.76. The Balaban J connectivity index is 2.17. The number of hydrogen-bond donors (Lipinski definition) is 1. The van der Waals surface area contributed by atoms with Crippen LogP contribution >= 0.6 is 11.3 Å². The van der Waals surface area contributed by atoms with E-state index in [-0.39, 0.29) is 11.9 Å². The van der Waals surface area contributed by atoms with Crippen LogP contribution in [0.4, 0.5) is 0 Å². The number of aryl methyl sites for hydroxylation is 2. The first-order valence-corrected chi connectivity index (χ1v) is 6.79. The zero-order valence-electron chi connectivity index (χ0n) is 11.0. The third-order valence-corrected chi connectivity index (χ3v) is 4.16. The second-order valence-corrected chi connectivity index (χ2v) is 5.40. The van der Waals surface area contributed by atoms with Crippen molar-refractivity contribution in [1.82, 2.24) is 5.32 Å². The first-order chi connectivity index (χ1) is 8.50. The second kappa shape index (κ2) is 4.98. The maximum absolute atomic E-state index is 12.2. The van der Waals surface area contributed by atoms with Crippen molar-refractivity contribution in [3.05, 3.63) is 45.0 Å². The molecule has 18 heavy (non-hydrogen) atoms. The van der Waals surface area contributed by atoms with E-state index >= 15 is 0 Å². The topological polar surface area (TPSA) is 42.2 Å². The average molecular weight is 263 g/mol. The molecular weight excluding hydrogens is 246 g/mol. The van der Waals surface area contributed by atoms with Crippen LogP contribution in [0.1, 0.15) is 45.3 Å². The SMILES string of the molecule is Cc1oc(C)c(C(=O)NC(C)c2cccs2)c1C. The average Bonchev–Trinajstić information content (AvgIpc) is 2.88. The van der Waals surface area contributed by atoms with Crippen LogP contribution in [0.2, 0.25) is 0 Å². The fourth-order valence-electron chi connectivity index (χ4n) is 2.01. The van der Waals surface area contributed by atoms with Crippen molar-refractivity contribution in [3.8, 4) is 0 Å². The van der Waals surface area contributed by atoms with Crippen LogP contribution in [0.5, 0.6) is 0 Å². The Morgan fingerprint density at radius 2 is 2.06 bits per heavy atom. The highest BCUT2D eigenvalue weighted by Gasteiger charge is 2.20. The highest BCUT2D eigenvalue weighted by Crippen LogP contribution is 2.23. The van der Waals surface area contributed by atoms with E-state index in [1.165, 1.54) is 0 Å². The molecule has 1 unspecified atom stereocenters. The lowest BCUT2D eigenvalue weighted by Crippen LogP contribution is -2.26. The van der Waals surface area contributed by atoms with Crippen LogP contribution in [0.25, 0.3) is 0 Å². The monoisotopic (exact) mass is 263 g/mol. The van der Waals surface area contributed by atoms with E-state index in [9.17, 15) is 4.79 Å². The molecule has 4 heteroatoms. The van der Waals surface area contributed by atoms with Gasteiger partial charge in [-0.05, 0) is 39.1 Å². The first-order valence-electron chi connectivity index (χ1n) is 5.91. The van der Waals surface area contributed by atoms with E-state index in [0.717, 1.165) is 16.2 Å². The molecular formula is C14H17NO2S. The molecule has 1 N–H and O–H groups in total. The smallest absolute Gasteiger partial charge is 0.255 e. The van der Waals surface area contributed by atoms with Gasteiger partial charge in [-0.2, -0.15) is 0 Å². The lowest BCUT2D eigenvalue weighted by molar-refractivity contribution is 0.0938. The Morgan fingerprint density at radius 1 is 1.33 bits per heavy atom. The van der Waals surface area contributed by atoms with Crippen molar-refractivity contribution in [2.45, 2.75) is 33.7 Å². The Bertz CT molecular complexity index is 555. The Hall–Kier alpha value is -1.55. The number of amides is 1. The molecule has 2 aromatic rings. The summed E-state index contributed by atoms with van der Waals surface area (Å²) in [6.45, 7) is 7.60. The highest BCUT2D eigenvalue weighted by molar-refractivity contribution is 7.10. The van der Waals surface area contributed by atoms with Gasteiger partial charge in [0.2, 0.25) is 0 Å². The van der Waals surface area contributed by atoms with E-state index in [4.69, 9.17) is 4.42 Å². The zero-order valence-corrected chi connectivity index (χ0v) is 11.9. The van der Waals surface area contributed by atoms with E-state index in [2.05, 4.69) is 5.32 Å². The molecule has 0 aliphatic rings. The molecule has 2 aromatic heterocycles. The fraction of sp³-hybridized carbons (Fsp3) is 0.357. The molecule has 2 rings (SSSR count). The summed E-state index contributed by atoms with van der Waals surface area (Å²) >= 11 is 1.64. The second-order valence-electron chi connectivity index (χ2n) is 4.43. The van der Waals surface area contributed by atoms with Crippen molar-refractivity contribution >= 4 is 17.2 Å². The largest absolute Gasteiger partial charge is 0.466 e. The summed E-state index contributed by atoms with van der Waals surface area (Å²) in [6, 6.07) is 4.03. The molecule has 0 radical (unpaired) electrons. The molecule has 1 amide bonds. The molecule has 0 aliphatic heterocycles. The highest BCUT2D eigenvalue weighted by atomic mass is 32.1. The third-order valence-electron chi connectivity index (χ3n) is 3.11. The van der Waals surface area contributed by atoms with Crippen molar-refractivity contribution in [1.29, 1.82) is 0 Å². The maximum Gasteiger partial charge on any atom is 0.255 e. The third kappa shape index (κ3) is 2.34. The minimum absolute atomic E-state index is 0.0199. The molecule has 0 saturated heterocycles. The number of rotatable bonds is 3. The summed E-state index contributed by atoms with van der Waals surface area (Å²) in [5, 5.41) is 5.02. The predicted molar refractivity (Wildman–Crippen MR) is 73.1 cm³/mol. The van der Waals surface area contributed by atoms with Crippen LogP contribution in [0, 0.1) is 20.8 Å². The van der Waals surface area contributed by atoms with Gasteiger partial charge in [-0.25, -0.2) is 0 Å². The van der Waals surface area contributed by atoms with E-state index in [1.807, 2.05) is 45.2 Å².